The molecule has 4 heterocycles. The molecule has 2 aromatic heterocycles. The molecule has 2 aliphatic rings. The maximum absolute atomic E-state index is 13.0. The number of nitrogens with one attached hydrogen (secondary N) is 2. The number of nitrogens with zero attached hydrogens (tertiary/aromatic N) is 5. The zero-order chi connectivity index (χ0) is 26.7. The van der Waals surface area contributed by atoms with Crippen molar-refractivity contribution in [1.29, 1.82) is 0 Å². The third kappa shape index (κ3) is 6.29. The number of hydrogen-bond donors (Lipinski definition) is 3. The number of carboxylic acids is 1. The van der Waals surface area contributed by atoms with Crippen LogP contribution >= 0.6 is 23.2 Å². The van der Waals surface area contributed by atoms with Crippen LogP contribution in [0.25, 0.3) is 0 Å². The van der Waals surface area contributed by atoms with Crippen molar-refractivity contribution in [2.24, 2.45) is 0 Å². The zero-order valence-corrected chi connectivity index (χ0v) is 20.4. The summed E-state index contributed by atoms with van der Waals surface area (Å²) in [6.07, 6.45) is 1.05. The largest absolute Gasteiger partial charge is 0.490 e. The topological polar surface area (TPSA) is 127 Å². The Morgan fingerprint density at radius 1 is 1.14 bits per heavy atom. The maximum Gasteiger partial charge on any atom is 0.490 e. The highest BCUT2D eigenvalue weighted by Crippen LogP contribution is 2.35. The van der Waals surface area contributed by atoms with E-state index in [0.717, 1.165) is 18.7 Å². The number of fused-ring (bicyclic) bond motifs is 2. The lowest BCUT2D eigenvalue weighted by Crippen LogP contribution is -2.48. The van der Waals surface area contributed by atoms with Crippen LogP contribution in [0.4, 0.5) is 24.8 Å². The number of benzene rings is 1. The Bertz CT molecular complexity index is 1280. The van der Waals surface area contributed by atoms with Gasteiger partial charge in [-0.3, -0.25) is 19.8 Å². The summed E-state index contributed by atoms with van der Waals surface area (Å²) in [5, 5.41) is 17.8. The zero-order valence-electron chi connectivity index (χ0n) is 18.9. The first-order valence-corrected chi connectivity index (χ1v) is 11.7. The number of H-pyrrole nitrogens is 1. The number of halogens is 5. The molecule has 0 radical (unpaired) electrons. The van der Waals surface area contributed by atoms with Crippen molar-refractivity contribution < 1.29 is 27.9 Å². The lowest BCUT2D eigenvalue weighted by Gasteiger charge is -2.34. The third-order valence-electron chi connectivity index (χ3n) is 5.85. The fourth-order valence-corrected chi connectivity index (χ4v) is 4.61. The van der Waals surface area contributed by atoms with Crippen molar-refractivity contribution >= 4 is 46.7 Å². The first-order chi connectivity index (χ1) is 17.5. The van der Waals surface area contributed by atoms with E-state index in [9.17, 15) is 18.0 Å². The standard InChI is InChI=1S/C20H19Cl2N7O.C2HF3O2/c21-16-3-1-2-15(19(16)22)20(30)29-11-13-6-14(29)10-28(13)9-12-7-23-8-18(25-12)26-17-4-5-24-27-17;3-2(4,5)1(6)7/h1-5,7-8,13-14H,6,9-11H2,(H2,24,25,26,27);(H,6,7)/t13?,14-;/m0./s1. The molecule has 2 saturated heterocycles. The number of aliphatic carboxylic acids is 1. The first-order valence-electron chi connectivity index (χ1n) is 10.9. The first kappa shape index (κ1) is 26.6. The van der Waals surface area contributed by atoms with Gasteiger partial charge in [-0.1, -0.05) is 29.3 Å². The van der Waals surface area contributed by atoms with Crippen LogP contribution < -0.4 is 5.32 Å². The maximum atomic E-state index is 13.0. The SMILES string of the molecule is O=C(O)C(F)(F)F.O=C(c1cccc(Cl)c1Cl)N1CC2C[C@H]1CN2Cc1cncc(Nc2cc[nH]n2)n1. The number of rotatable bonds is 5. The van der Waals surface area contributed by atoms with Crippen LogP contribution in [0.15, 0.2) is 42.9 Å². The Balaban J connectivity index is 0.000000405. The summed E-state index contributed by atoms with van der Waals surface area (Å²) in [7, 11) is 0. The van der Waals surface area contributed by atoms with Crippen LogP contribution in [-0.2, 0) is 11.3 Å². The Kier molecular flexibility index (Phi) is 7.85. The van der Waals surface area contributed by atoms with Gasteiger partial charge >= 0.3 is 12.1 Å². The minimum atomic E-state index is -5.08. The molecule has 10 nitrogen and oxygen atoms in total. The highest BCUT2D eigenvalue weighted by atomic mass is 35.5. The van der Waals surface area contributed by atoms with Crippen LogP contribution in [0.5, 0.6) is 0 Å². The molecule has 0 aliphatic carbocycles. The van der Waals surface area contributed by atoms with Crippen molar-refractivity contribution in [3.05, 3.63) is 64.2 Å². The number of likely N-dealkylation sites (tertiary alicyclic amines) is 2. The Morgan fingerprint density at radius 3 is 2.51 bits per heavy atom. The second-order valence-electron chi connectivity index (χ2n) is 8.31. The minimum Gasteiger partial charge on any atom is -0.475 e. The molecule has 1 unspecified atom stereocenters. The second-order valence-corrected chi connectivity index (χ2v) is 9.10. The number of carboxylic acid groups (broad SMARTS) is 1. The van der Waals surface area contributed by atoms with E-state index in [2.05, 4.69) is 30.4 Å². The Morgan fingerprint density at radius 2 is 1.89 bits per heavy atom. The van der Waals surface area contributed by atoms with E-state index in [1.54, 1.807) is 36.8 Å². The van der Waals surface area contributed by atoms with E-state index in [1.807, 2.05) is 11.0 Å². The number of alkyl halides is 3. The average molecular weight is 558 g/mol. The number of piperazine rings is 1. The predicted molar refractivity (Wildman–Crippen MR) is 128 cm³/mol. The Hall–Kier alpha value is -3.42. The van der Waals surface area contributed by atoms with E-state index in [-0.39, 0.29) is 11.9 Å². The lowest BCUT2D eigenvalue weighted by atomic mass is 10.1. The van der Waals surface area contributed by atoms with Gasteiger partial charge < -0.3 is 15.3 Å². The van der Waals surface area contributed by atoms with Crippen LogP contribution in [-0.4, -0.2) is 78.3 Å². The summed E-state index contributed by atoms with van der Waals surface area (Å²) in [5.74, 6) is -1.47. The summed E-state index contributed by atoms with van der Waals surface area (Å²) in [6.45, 7) is 2.16. The normalized spacial score (nSPS) is 18.9. The van der Waals surface area contributed by atoms with Crippen LogP contribution in [0.1, 0.15) is 22.5 Å². The monoisotopic (exact) mass is 557 g/mol. The lowest BCUT2D eigenvalue weighted by molar-refractivity contribution is -0.192. The molecular weight excluding hydrogens is 538 g/mol. The van der Waals surface area contributed by atoms with Crippen LogP contribution in [0.3, 0.4) is 0 Å². The fourth-order valence-electron chi connectivity index (χ4n) is 4.23. The summed E-state index contributed by atoms with van der Waals surface area (Å²) in [4.78, 5) is 35.1. The molecule has 2 aliphatic heterocycles. The number of carbonyl (C=O) groups excluding carboxylic acids is 1. The molecule has 196 valence electrons. The summed E-state index contributed by atoms with van der Waals surface area (Å²) < 4.78 is 31.7. The van der Waals surface area contributed by atoms with E-state index in [1.165, 1.54) is 0 Å². The van der Waals surface area contributed by atoms with E-state index < -0.39 is 12.1 Å². The van der Waals surface area contributed by atoms with Gasteiger partial charge in [-0.2, -0.15) is 18.3 Å². The molecular formula is C22H20Cl2F3N7O3. The van der Waals surface area contributed by atoms with Gasteiger partial charge in [0.1, 0.15) is 5.82 Å². The van der Waals surface area contributed by atoms with Crippen molar-refractivity contribution in [2.45, 2.75) is 31.2 Å². The van der Waals surface area contributed by atoms with Gasteiger partial charge in [0.25, 0.3) is 5.91 Å². The highest BCUT2D eigenvalue weighted by molar-refractivity contribution is 6.43. The molecule has 37 heavy (non-hydrogen) atoms. The highest BCUT2D eigenvalue weighted by Gasteiger charge is 2.45. The van der Waals surface area contributed by atoms with Crippen molar-refractivity contribution in [3.8, 4) is 0 Å². The van der Waals surface area contributed by atoms with Gasteiger partial charge in [0, 0.05) is 50.2 Å². The molecule has 2 atom stereocenters. The van der Waals surface area contributed by atoms with Gasteiger partial charge in [-0.15, -0.1) is 0 Å². The van der Waals surface area contributed by atoms with E-state index in [0.29, 0.717) is 46.4 Å². The number of hydrogen-bond acceptors (Lipinski definition) is 7. The number of amides is 1. The quantitative estimate of drug-likeness (QED) is 0.429. The molecule has 5 rings (SSSR count). The van der Waals surface area contributed by atoms with Gasteiger partial charge in [0.05, 0.1) is 27.5 Å². The summed E-state index contributed by atoms with van der Waals surface area (Å²) in [6, 6.07) is 7.45. The van der Waals surface area contributed by atoms with Crippen LogP contribution in [0.2, 0.25) is 10.0 Å². The molecule has 1 aromatic carbocycles. The molecule has 1 amide bonds. The minimum absolute atomic E-state index is 0.0559. The number of aromatic amines is 1. The molecule has 0 spiro atoms. The average Bonchev–Trinajstić information content (AvgIpc) is 3.58. The second kappa shape index (κ2) is 10.9. The van der Waals surface area contributed by atoms with Gasteiger partial charge in [-0.05, 0) is 18.6 Å². The molecule has 2 fully saturated rings. The smallest absolute Gasteiger partial charge is 0.475 e. The summed E-state index contributed by atoms with van der Waals surface area (Å²) >= 11 is 12.3. The van der Waals surface area contributed by atoms with Gasteiger partial charge in [-0.25, -0.2) is 9.78 Å². The van der Waals surface area contributed by atoms with Crippen molar-refractivity contribution in [2.75, 3.05) is 18.4 Å². The van der Waals surface area contributed by atoms with E-state index >= 15 is 0 Å². The van der Waals surface area contributed by atoms with Crippen molar-refractivity contribution in [3.63, 3.8) is 0 Å². The Labute approximate surface area is 218 Å². The number of carbonyl (C=O) groups is 2. The number of aromatic nitrogens is 4. The third-order valence-corrected chi connectivity index (χ3v) is 6.66. The fraction of sp³-hybridized carbons (Fsp3) is 0.318. The molecule has 0 saturated carbocycles. The molecule has 2 bridgehead atoms. The molecule has 3 N–H and O–H groups in total. The van der Waals surface area contributed by atoms with E-state index in [4.69, 9.17) is 33.1 Å². The molecule has 3 aromatic rings. The van der Waals surface area contributed by atoms with Gasteiger partial charge in [0.15, 0.2) is 5.82 Å². The van der Waals surface area contributed by atoms with Gasteiger partial charge in [0.2, 0.25) is 0 Å². The van der Waals surface area contributed by atoms with Crippen LogP contribution in [0, 0.1) is 0 Å². The summed E-state index contributed by atoms with van der Waals surface area (Å²) in [5.41, 5.74) is 1.34. The predicted octanol–water partition coefficient (Wildman–Crippen LogP) is 3.98. The van der Waals surface area contributed by atoms with Crippen molar-refractivity contribution in [1.82, 2.24) is 30.0 Å². The molecule has 15 heteroatoms. The number of anilines is 2.